The Kier molecular flexibility index (Phi) is 7.47. The Balaban J connectivity index is 1.45. The minimum Gasteiger partial charge on any atom is -0.348 e. The van der Waals surface area contributed by atoms with Crippen LogP contribution in [0.15, 0.2) is 33.6 Å². The number of amides is 1. The van der Waals surface area contributed by atoms with Gasteiger partial charge in [-0.05, 0) is 48.0 Å². The predicted octanol–water partition coefficient (Wildman–Crippen LogP) is 4.55. The van der Waals surface area contributed by atoms with E-state index in [4.69, 9.17) is 70.2 Å². The van der Waals surface area contributed by atoms with Crippen LogP contribution in [0.3, 0.4) is 0 Å². The minimum absolute atomic E-state index is 0.0203. The van der Waals surface area contributed by atoms with Gasteiger partial charge in [0.2, 0.25) is 9.70 Å². The number of carbonyl (C=O) groups is 1. The highest BCUT2D eigenvalue weighted by Crippen LogP contribution is 2.59. The number of allylic oxidation sites excluding steroid dienone is 1. The smallest absolute Gasteiger partial charge is 0.250 e. The first kappa shape index (κ1) is 26.4. The van der Waals surface area contributed by atoms with E-state index in [1.807, 2.05) is 29.4 Å². The van der Waals surface area contributed by atoms with Gasteiger partial charge in [-0.15, -0.1) is 0 Å². The van der Waals surface area contributed by atoms with Crippen molar-refractivity contribution in [3.8, 4) is 0 Å². The molecule has 1 aliphatic carbocycles. The topological polar surface area (TPSA) is 66.4 Å². The summed E-state index contributed by atoms with van der Waals surface area (Å²) in [6.07, 6.45) is 1.61. The number of hydrogen-bond acceptors (Lipinski definition) is 3. The Morgan fingerprint density at radius 2 is 1.91 bits per heavy atom. The van der Waals surface area contributed by atoms with Gasteiger partial charge < -0.3 is 20.1 Å². The molecule has 4 rings (SSSR count). The van der Waals surface area contributed by atoms with E-state index >= 15 is 0 Å². The number of hydrogen-bond donors (Lipinski definition) is 2. The molecule has 2 bridgehead atoms. The molecule has 34 heavy (non-hydrogen) atoms. The first-order valence-electron chi connectivity index (χ1n) is 10.9. The molecule has 1 aromatic heterocycles. The maximum absolute atomic E-state index is 13.0. The van der Waals surface area contributed by atoms with Gasteiger partial charge in [-0.2, -0.15) is 0 Å². The lowest BCUT2D eigenvalue weighted by atomic mass is 9.83. The molecule has 2 aliphatic heterocycles. The van der Waals surface area contributed by atoms with Crippen LogP contribution in [0.25, 0.3) is 0 Å². The van der Waals surface area contributed by atoms with Crippen LogP contribution in [0, 0.1) is 23.2 Å². The average molecular weight is 587 g/mol. The van der Waals surface area contributed by atoms with E-state index in [9.17, 15) is 9.59 Å². The lowest BCUT2D eigenvalue weighted by Crippen LogP contribution is -2.60. The van der Waals surface area contributed by atoms with Gasteiger partial charge in [0, 0.05) is 37.3 Å². The SMILES string of the molecule is CC1(C)C(C=C(Cl)Cl)C1C(=O)NC(NC(=S)N1C[C@@H]2C[C@H](C1)c1cccc(=O)n1C2)C(Cl)(Cl)Cl. The maximum atomic E-state index is 13.0. The van der Waals surface area contributed by atoms with Crippen molar-refractivity contribution in [2.24, 2.45) is 23.2 Å². The molecule has 5 atom stereocenters. The Bertz CT molecular complexity index is 1080. The highest BCUT2D eigenvalue weighted by atomic mass is 35.6. The number of halogens is 5. The molecule has 0 radical (unpaired) electrons. The molecule has 1 amide bonds. The third kappa shape index (κ3) is 5.35. The van der Waals surface area contributed by atoms with Crippen molar-refractivity contribution in [3.05, 3.63) is 44.8 Å². The van der Waals surface area contributed by atoms with E-state index < -0.39 is 9.96 Å². The Hall–Kier alpha value is -0.700. The van der Waals surface area contributed by atoms with Crippen molar-refractivity contribution in [1.29, 1.82) is 0 Å². The number of nitrogens with one attached hydrogen (secondary N) is 2. The number of fused-ring (bicyclic) bond motifs is 4. The lowest BCUT2D eigenvalue weighted by Gasteiger charge is -2.44. The average Bonchev–Trinajstić information content (AvgIpc) is 3.26. The summed E-state index contributed by atoms with van der Waals surface area (Å²) >= 11 is 35.9. The zero-order valence-corrected chi connectivity index (χ0v) is 23.1. The van der Waals surface area contributed by atoms with Gasteiger partial charge in [-0.3, -0.25) is 9.59 Å². The summed E-state index contributed by atoms with van der Waals surface area (Å²) in [6, 6.07) is 5.37. The molecular formula is C22H25Cl5N4O2S. The summed E-state index contributed by atoms with van der Waals surface area (Å²) in [7, 11) is 0. The second-order valence-electron chi connectivity index (χ2n) is 9.82. The summed E-state index contributed by atoms with van der Waals surface area (Å²) in [5.74, 6) is -0.329. The van der Waals surface area contributed by atoms with Crippen molar-refractivity contribution >= 4 is 81.2 Å². The van der Waals surface area contributed by atoms with Gasteiger partial charge >= 0.3 is 0 Å². The molecule has 0 spiro atoms. The fourth-order valence-electron chi connectivity index (χ4n) is 5.33. The Morgan fingerprint density at radius 1 is 1.21 bits per heavy atom. The summed E-state index contributed by atoms with van der Waals surface area (Å²) in [4.78, 5) is 27.3. The lowest BCUT2D eigenvalue weighted by molar-refractivity contribution is -0.123. The fraction of sp³-hybridized carbons (Fsp3) is 0.591. The van der Waals surface area contributed by atoms with E-state index in [0.29, 0.717) is 24.7 Å². The van der Waals surface area contributed by atoms with E-state index in [1.165, 1.54) is 0 Å². The Morgan fingerprint density at radius 3 is 2.56 bits per heavy atom. The summed E-state index contributed by atoms with van der Waals surface area (Å²) in [5.41, 5.74) is 0.704. The van der Waals surface area contributed by atoms with Gasteiger partial charge in [0.25, 0.3) is 5.56 Å². The number of likely N-dealkylation sites (tertiary alicyclic amines) is 1. The normalized spacial score (nSPS) is 27.8. The van der Waals surface area contributed by atoms with Crippen LogP contribution in [0.4, 0.5) is 0 Å². The number of piperidine rings is 1. The molecule has 6 nitrogen and oxygen atoms in total. The third-order valence-corrected chi connectivity index (χ3v) is 8.43. The number of thiocarbonyl (C=S) groups is 1. The molecule has 1 saturated heterocycles. The summed E-state index contributed by atoms with van der Waals surface area (Å²) < 4.78 is 0.122. The van der Waals surface area contributed by atoms with Crippen LogP contribution in [0.2, 0.25) is 0 Å². The molecule has 186 valence electrons. The van der Waals surface area contributed by atoms with Crippen molar-refractivity contribution in [2.45, 2.75) is 42.7 Å². The van der Waals surface area contributed by atoms with Crippen LogP contribution >= 0.6 is 70.2 Å². The largest absolute Gasteiger partial charge is 0.348 e. The van der Waals surface area contributed by atoms with Crippen molar-refractivity contribution in [1.82, 2.24) is 20.1 Å². The summed E-state index contributed by atoms with van der Waals surface area (Å²) in [6.45, 7) is 5.84. The zero-order valence-electron chi connectivity index (χ0n) is 18.5. The highest BCUT2D eigenvalue weighted by molar-refractivity contribution is 7.80. The summed E-state index contributed by atoms with van der Waals surface area (Å²) in [5, 5.41) is 6.22. The van der Waals surface area contributed by atoms with Crippen LogP contribution in [0.5, 0.6) is 0 Å². The van der Waals surface area contributed by atoms with Crippen LogP contribution in [-0.4, -0.2) is 43.5 Å². The number of carbonyl (C=O) groups excluding carboxylic acids is 1. The Labute approximate surface area is 228 Å². The van der Waals surface area contributed by atoms with Gasteiger partial charge in [-0.1, -0.05) is 77.9 Å². The standard InChI is InChI=1S/C22H25Cl5N4O2S/c1-21(2)13(7-15(23)24)17(21)18(33)28-19(22(25,26)27)29-20(34)30-8-11-6-12(10-30)14-4-3-5-16(32)31(14)9-11/h3-5,7,11-13,17,19H,6,8-10H2,1-2H3,(H,28,33)(H,29,34)/t11-,12+,13?,17?,19?/m0/s1. The second-order valence-corrected chi connectivity index (χ2v) is 13.6. The first-order valence-corrected chi connectivity index (χ1v) is 13.2. The van der Waals surface area contributed by atoms with E-state index in [-0.39, 0.29) is 45.0 Å². The molecule has 2 fully saturated rings. The number of rotatable bonds is 4. The molecule has 3 unspecified atom stereocenters. The van der Waals surface area contributed by atoms with E-state index in [2.05, 4.69) is 10.6 Å². The van der Waals surface area contributed by atoms with E-state index in [0.717, 1.165) is 12.1 Å². The zero-order chi connectivity index (χ0) is 25.0. The quantitative estimate of drug-likeness (QED) is 0.308. The molecule has 1 aromatic rings. The molecule has 0 aromatic carbocycles. The van der Waals surface area contributed by atoms with Crippen LogP contribution < -0.4 is 16.2 Å². The van der Waals surface area contributed by atoms with Gasteiger partial charge in [0.15, 0.2) is 5.11 Å². The molecule has 1 saturated carbocycles. The van der Waals surface area contributed by atoms with Gasteiger partial charge in [-0.25, -0.2) is 0 Å². The second kappa shape index (κ2) is 9.64. The first-order chi connectivity index (χ1) is 15.8. The van der Waals surface area contributed by atoms with Crippen molar-refractivity contribution in [2.75, 3.05) is 13.1 Å². The number of alkyl halides is 3. The minimum atomic E-state index is -1.85. The van der Waals surface area contributed by atoms with Crippen molar-refractivity contribution < 1.29 is 4.79 Å². The van der Waals surface area contributed by atoms with Gasteiger partial charge in [0.1, 0.15) is 10.7 Å². The number of pyridine rings is 1. The molecule has 3 aliphatic rings. The van der Waals surface area contributed by atoms with Crippen molar-refractivity contribution in [3.63, 3.8) is 0 Å². The molecular weight excluding hydrogens is 562 g/mol. The molecule has 3 heterocycles. The van der Waals surface area contributed by atoms with Crippen LogP contribution in [0.1, 0.15) is 31.9 Å². The molecule has 12 heteroatoms. The number of aromatic nitrogens is 1. The maximum Gasteiger partial charge on any atom is 0.250 e. The highest BCUT2D eigenvalue weighted by Gasteiger charge is 2.61. The van der Waals surface area contributed by atoms with E-state index in [1.54, 1.807) is 18.2 Å². The predicted molar refractivity (Wildman–Crippen MR) is 142 cm³/mol. The molecule has 2 N–H and O–H groups in total. The fourth-order valence-corrected chi connectivity index (χ4v) is 6.20. The monoisotopic (exact) mass is 584 g/mol. The number of nitrogens with zero attached hydrogens (tertiary/aromatic N) is 2. The van der Waals surface area contributed by atoms with Gasteiger partial charge in [0.05, 0.1) is 5.92 Å². The van der Waals surface area contributed by atoms with Crippen LogP contribution in [-0.2, 0) is 11.3 Å². The third-order valence-electron chi connectivity index (χ3n) is 7.15.